The summed E-state index contributed by atoms with van der Waals surface area (Å²) in [6.07, 6.45) is -4.07. The molecule has 0 aromatic carbocycles. The highest BCUT2D eigenvalue weighted by molar-refractivity contribution is 5.80. The summed E-state index contributed by atoms with van der Waals surface area (Å²) in [7, 11) is 1.60. The molecule has 1 rings (SSSR count). The molecule has 1 saturated heterocycles. The average molecular weight is 409 g/mol. The Morgan fingerprint density at radius 2 is 1.93 bits per heavy atom. The van der Waals surface area contributed by atoms with Crippen LogP contribution in [-0.4, -0.2) is 74.0 Å². The fraction of sp³-hybridized carbons (Fsp3) is 0.889. The van der Waals surface area contributed by atoms with Crippen LogP contribution in [0, 0.1) is 5.92 Å². The molecule has 1 amide bonds. The van der Waals surface area contributed by atoms with Crippen LogP contribution in [0.4, 0.5) is 18.0 Å². The number of carbonyl (C=O) groups is 1. The fourth-order valence-corrected chi connectivity index (χ4v) is 2.85. The van der Waals surface area contributed by atoms with Gasteiger partial charge in [0.05, 0.1) is 12.6 Å². The van der Waals surface area contributed by atoms with Gasteiger partial charge in [0.25, 0.3) is 0 Å². The molecule has 1 aliphatic heterocycles. The maximum atomic E-state index is 12.5. The number of nitrogens with zero attached hydrogens (tertiary/aromatic N) is 2. The Balaban J connectivity index is 2.49. The van der Waals surface area contributed by atoms with Crippen molar-refractivity contribution in [3.8, 4) is 0 Å². The molecule has 0 aromatic rings. The largest absolute Gasteiger partial charge is 0.444 e. The molecule has 0 bridgehead atoms. The third-order valence-corrected chi connectivity index (χ3v) is 4.24. The summed E-state index contributed by atoms with van der Waals surface area (Å²) < 4.78 is 42.8. The van der Waals surface area contributed by atoms with Crippen molar-refractivity contribution in [3.63, 3.8) is 0 Å². The highest BCUT2D eigenvalue weighted by Crippen LogP contribution is 2.19. The Kier molecular flexibility index (Phi) is 8.84. The molecule has 0 aliphatic carbocycles. The predicted octanol–water partition coefficient (Wildman–Crippen LogP) is 2.34. The first-order chi connectivity index (χ1) is 12.8. The van der Waals surface area contributed by atoms with Gasteiger partial charge in [-0.15, -0.1) is 0 Å². The third-order valence-electron chi connectivity index (χ3n) is 4.24. The maximum Gasteiger partial charge on any atom is 0.407 e. The van der Waals surface area contributed by atoms with Crippen molar-refractivity contribution in [1.82, 2.24) is 20.9 Å². The smallest absolute Gasteiger partial charge is 0.407 e. The van der Waals surface area contributed by atoms with Gasteiger partial charge >= 0.3 is 12.3 Å². The average Bonchev–Trinajstić information content (AvgIpc) is 2.92. The Labute approximate surface area is 165 Å². The van der Waals surface area contributed by atoms with Gasteiger partial charge in [0, 0.05) is 32.7 Å². The molecular formula is C18H34F3N5O2. The number of hydrogen-bond acceptors (Lipinski definition) is 4. The van der Waals surface area contributed by atoms with Crippen molar-refractivity contribution in [1.29, 1.82) is 0 Å². The minimum Gasteiger partial charge on any atom is -0.444 e. The zero-order valence-corrected chi connectivity index (χ0v) is 17.6. The van der Waals surface area contributed by atoms with E-state index in [2.05, 4.69) is 20.9 Å². The lowest BCUT2D eigenvalue weighted by Gasteiger charge is -2.27. The standard InChI is InChI=1S/C18H34F3N5O2/c1-12(2)14(25-16(27)28-17(3,4)5)9-23-15(22-6)24-13-7-8-26(10-13)11-18(19,20)21/h12-14H,7-11H2,1-6H3,(H,25,27)(H2,22,23,24). The number of alkyl halides is 3. The number of alkyl carbamates (subject to hydrolysis) is 1. The number of guanidine groups is 1. The summed E-state index contributed by atoms with van der Waals surface area (Å²) in [4.78, 5) is 17.5. The summed E-state index contributed by atoms with van der Waals surface area (Å²) in [5, 5.41) is 9.13. The van der Waals surface area contributed by atoms with E-state index in [1.54, 1.807) is 27.8 Å². The van der Waals surface area contributed by atoms with Crippen LogP contribution < -0.4 is 16.0 Å². The highest BCUT2D eigenvalue weighted by atomic mass is 19.4. The molecular weight excluding hydrogens is 375 g/mol. The van der Waals surface area contributed by atoms with Crippen LogP contribution in [0.15, 0.2) is 4.99 Å². The van der Waals surface area contributed by atoms with Crippen LogP contribution in [0.25, 0.3) is 0 Å². The van der Waals surface area contributed by atoms with Crippen LogP contribution in [0.2, 0.25) is 0 Å². The second-order valence-corrected chi connectivity index (χ2v) is 8.43. The van der Waals surface area contributed by atoms with Crippen molar-refractivity contribution in [2.45, 2.75) is 64.9 Å². The van der Waals surface area contributed by atoms with Crippen LogP contribution in [-0.2, 0) is 4.74 Å². The number of likely N-dealkylation sites (tertiary alicyclic amines) is 1. The van der Waals surface area contributed by atoms with Gasteiger partial charge in [0.2, 0.25) is 0 Å². The molecule has 0 spiro atoms. The zero-order valence-electron chi connectivity index (χ0n) is 17.6. The lowest BCUT2D eigenvalue weighted by Crippen LogP contribution is -2.52. The van der Waals surface area contributed by atoms with E-state index < -0.39 is 24.4 Å². The normalized spacial score (nSPS) is 20.2. The van der Waals surface area contributed by atoms with Crippen molar-refractivity contribution in [2.24, 2.45) is 10.9 Å². The first-order valence-electron chi connectivity index (χ1n) is 9.55. The monoisotopic (exact) mass is 409 g/mol. The second-order valence-electron chi connectivity index (χ2n) is 8.43. The highest BCUT2D eigenvalue weighted by Gasteiger charge is 2.34. The van der Waals surface area contributed by atoms with Crippen molar-refractivity contribution >= 4 is 12.1 Å². The maximum absolute atomic E-state index is 12.5. The summed E-state index contributed by atoms with van der Waals surface area (Å²) in [6.45, 7) is 9.56. The lowest BCUT2D eigenvalue weighted by atomic mass is 10.0. The molecule has 0 radical (unpaired) electrons. The SMILES string of the molecule is CN=C(NCC(NC(=O)OC(C)(C)C)C(C)C)NC1CCN(CC(F)(F)F)C1. The Morgan fingerprint density at radius 1 is 1.29 bits per heavy atom. The van der Waals surface area contributed by atoms with E-state index in [0.29, 0.717) is 32.0 Å². The van der Waals surface area contributed by atoms with Crippen LogP contribution in [0.3, 0.4) is 0 Å². The van der Waals surface area contributed by atoms with Crippen molar-refractivity contribution in [3.05, 3.63) is 0 Å². The lowest BCUT2D eigenvalue weighted by molar-refractivity contribution is -0.143. The Hall–Kier alpha value is -1.71. The van der Waals surface area contributed by atoms with E-state index in [0.717, 1.165) is 0 Å². The van der Waals surface area contributed by atoms with Crippen LogP contribution >= 0.6 is 0 Å². The molecule has 1 heterocycles. The van der Waals surface area contributed by atoms with Crippen LogP contribution in [0.5, 0.6) is 0 Å². The summed E-state index contributed by atoms with van der Waals surface area (Å²) in [5.74, 6) is 0.641. The Bertz CT molecular complexity index is 532. The van der Waals surface area contributed by atoms with Gasteiger partial charge in [0.15, 0.2) is 5.96 Å². The summed E-state index contributed by atoms with van der Waals surface area (Å²) in [6, 6.07) is -0.302. The number of nitrogens with one attached hydrogen (secondary N) is 3. The second kappa shape index (κ2) is 10.2. The minimum atomic E-state index is -4.19. The summed E-state index contributed by atoms with van der Waals surface area (Å²) in [5.41, 5.74) is -0.582. The quantitative estimate of drug-likeness (QED) is 0.464. The molecule has 10 heteroatoms. The van der Waals surface area contributed by atoms with E-state index in [9.17, 15) is 18.0 Å². The molecule has 1 fully saturated rings. The van der Waals surface area contributed by atoms with Crippen molar-refractivity contribution < 1.29 is 22.7 Å². The van der Waals surface area contributed by atoms with Gasteiger partial charge in [-0.3, -0.25) is 9.89 Å². The Morgan fingerprint density at radius 3 is 2.43 bits per heavy atom. The number of halogens is 3. The molecule has 0 saturated carbocycles. The topological polar surface area (TPSA) is 78.0 Å². The predicted molar refractivity (Wildman–Crippen MR) is 103 cm³/mol. The number of ether oxygens (including phenoxy) is 1. The van der Waals surface area contributed by atoms with Crippen molar-refractivity contribution in [2.75, 3.05) is 33.2 Å². The first-order valence-corrected chi connectivity index (χ1v) is 9.55. The molecule has 2 atom stereocenters. The molecule has 3 N–H and O–H groups in total. The van der Waals surface area contributed by atoms with Gasteiger partial charge in [-0.25, -0.2) is 4.79 Å². The van der Waals surface area contributed by atoms with E-state index >= 15 is 0 Å². The third kappa shape index (κ3) is 10.0. The minimum absolute atomic E-state index is 0.107. The number of rotatable bonds is 6. The molecule has 0 aromatic heterocycles. The molecule has 1 aliphatic rings. The first kappa shape index (κ1) is 24.3. The van der Waals surface area contributed by atoms with Gasteiger partial charge in [-0.1, -0.05) is 13.8 Å². The number of aliphatic imine (C=N–C) groups is 1. The fourth-order valence-electron chi connectivity index (χ4n) is 2.85. The molecule has 164 valence electrons. The number of amides is 1. The van der Waals surface area contributed by atoms with E-state index in [-0.39, 0.29) is 18.0 Å². The van der Waals surface area contributed by atoms with Crippen LogP contribution in [0.1, 0.15) is 41.0 Å². The van der Waals surface area contributed by atoms with E-state index in [4.69, 9.17) is 4.74 Å². The zero-order chi connectivity index (χ0) is 21.5. The van der Waals surface area contributed by atoms with E-state index in [1.165, 1.54) is 4.90 Å². The summed E-state index contributed by atoms with van der Waals surface area (Å²) >= 11 is 0. The van der Waals surface area contributed by atoms with Gasteiger partial charge in [-0.05, 0) is 33.1 Å². The van der Waals surface area contributed by atoms with Gasteiger partial charge in [0.1, 0.15) is 5.60 Å². The molecule has 2 unspecified atom stereocenters. The molecule has 28 heavy (non-hydrogen) atoms. The molecule has 7 nitrogen and oxygen atoms in total. The van der Waals surface area contributed by atoms with Gasteiger partial charge in [-0.2, -0.15) is 13.2 Å². The number of hydrogen-bond donors (Lipinski definition) is 3. The number of carbonyl (C=O) groups excluding carboxylic acids is 1. The van der Waals surface area contributed by atoms with E-state index in [1.807, 2.05) is 13.8 Å². The van der Waals surface area contributed by atoms with Gasteiger partial charge < -0.3 is 20.7 Å².